The van der Waals surface area contributed by atoms with Crippen LogP contribution < -0.4 is 23.8 Å². The zero-order valence-corrected chi connectivity index (χ0v) is 28.3. The summed E-state index contributed by atoms with van der Waals surface area (Å²) in [6, 6.07) is 24.7. The molecule has 7 rings (SSSR count). The van der Waals surface area contributed by atoms with Crippen LogP contribution in [0.2, 0.25) is 0 Å². The maximum atomic E-state index is 13.9. The Bertz CT molecular complexity index is 2070. The van der Waals surface area contributed by atoms with Crippen LogP contribution in [0.1, 0.15) is 35.2 Å². The highest BCUT2D eigenvalue weighted by atomic mass is 32.2. The highest BCUT2D eigenvalue weighted by Gasteiger charge is 2.48. The summed E-state index contributed by atoms with van der Waals surface area (Å²) in [4.78, 5) is 29.0. The van der Waals surface area contributed by atoms with Gasteiger partial charge in [-0.15, -0.1) is 10.2 Å². The molecular formula is C37H30FN3O7S2. The zero-order chi connectivity index (χ0) is 34.6. The molecule has 1 amide bonds. The molecule has 1 fully saturated rings. The van der Waals surface area contributed by atoms with E-state index < -0.39 is 17.7 Å². The van der Waals surface area contributed by atoms with Crippen molar-refractivity contribution in [1.29, 1.82) is 0 Å². The van der Waals surface area contributed by atoms with Gasteiger partial charge in [0.05, 0.1) is 18.2 Å². The summed E-state index contributed by atoms with van der Waals surface area (Å²) in [6.45, 7) is 3.19. The second-order valence-electron chi connectivity index (χ2n) is 11.2. The Morgan fingerprint density at radius 1 is 0.920 bits per heavy atom. The van der Waals surface area contributed by atoms with Crippen LogP contribution in [-0.4, -0.2) is 46.8 Å². The van der Waals surface area contributed by atoms with Crippen molar-refractivity contribution in [3.05, 3.63) is 125 Å². The van der Waals surface area contributed by atoms with E-state index in [0.29, 0.717) is 65.1 Å². The number of halogens is 1. The van der Waals surface area contributed by atoms with E-state index >= 15 is 0 Å². The largest absolute Gasteiger partial charge is 0.507 e. The van der Waals surface area contributed by atoms with E-state index in [1.165, 1.54) is 28.8 Å². The van der Waals surface area contributed by atoms with Crippen LogP contribution in [-0.2, 0) is 21.9 Å². The van der Waals surface area contributed by atoms with Crippen LogP contribution in [0.25, 0.3) is 5.76 Å². The number of rotatable bonds is 11. The van der Waals surface area contributed by atoms with Gasteiger partial charge < -0.3 is 24.1 Å². The second kappa shape index (κ2) is 14.6. The fourth-order valence-electron chi connectivity index (χ4n) is 5.59. The predicted octanol–water partition coefficient (Wildman–Crippen LogP) is 7.34. The second-order valence-corrected chi connectivity index (χ2v) is 13.4. The quantitative estimate of drug-likeness (QED) is 0.0490. The van der Waals surface area contributed by atoms with Gasteiger partial charge in [0.2, 0.25) is 5.13 Å². The number of amides is 1. The standard InChI is InChI=1S/C37H30FN3O7S2/c1-2-45-29-18-24(10-14-28(29)48-20-22-6-4-3-5-7-22)32-31(33(42)25-11-15-27-30(19-25)47-17-16-46-27)34(43)35(44)41(32)36-39-40-37(50-36)49-21-23-8-12-26(38)13-9-23/h3-15,18-19,32,42H,2,16-17,20-21H2,1H3/b33-31-. The molecule has 3 heterocycles. The maximum absolute atomic E-state index is 13.9. The first-order chi connectivity index (χ1) is 24.4. The smallest absolute Gasteiger partial charge is 0.301 e. The third kappa shape index (κ3) is 6.87. The van der Waals surface area contributed by atoms with Gasteiger partial charge in [-0.2, -0.15) is 0 Å². The fourth-order valence-corrected chi connectivity index (χ4v) is 7.42. The number of aliphatic hydroxyl groups excluding tert-OH is 1. The number of benzene rings is 4. The summed E-state index contributed by atoms with van der Waals surface area (Å²) in [5, 5.41) is 20.5. The first-order valence-electron chi connectivity index (χ1n) is 15.7. The van der Waals surface area contributed by atoms with E-state index in [0.717, 1.165) is 22.5 Å². The normalized spacial score (nSPS) is 16.4. The number of aromatic nitrogens is 2. The molecule has 0 saturated carbocycles. The number of hydrogen-bond donors (Lipinski definition) is 1. The first-order valence-corrected chi connectivity index (χ1v) is 17.5. The monoisotopic (exact) mass is 711 g/mol. The third-order valence-corrected chi connectivity index (χ3v) is 10.1. The number of carbonyl (C=O) groups is 2. The minimum Gasteiger partial charge on any atom is -0.507 e. The molecule has 2 aliphatic heterocycles. The van der Waals surface area contributed by atoms with Gasteiger partial charge in [0.15, 0.2) is 27.3 Å². The average Bonchev–Trinajstić information content (AvgIpc) is 3.72. The average molecular weight is 712 g/mol. The van der Waals surface area contributed by atoms with Gasteiger partial charge >= 0.3 is 5.91 Å². The molecule has 13 heteroatoms. The summed E-state index contributed by atoms with van der Waals surface area (Å²) >= 11 is 2.50. The van der Waals surface area contributed by atoms with E-state index in [-0.39, 0.29) is 27.8 Å². The van der Waals surface area contributed by atoms with Crippen LogP contribution in [0.5, 0.6) is 23.0 Å². The summed E-state index contributed by atoms with van der Waals surface area (Å²) < 4.78 is 37.4. The van der Waals surface area contributed by atoms with Crippen LogP contribution in [0.3, 0.4) is 0 Å². The lowest BCUT2D eigenvalue weighted by Crippen LogP contribution is -2.29. The summed E-state index contributed by atoms with van der Waals surface area (Å²) in [5.41, 5.74) is 2.47. The topological polar surface area (TPSA) is 120 Å². The molecule has 254 valence electrons. The molecule has 1 saturated heterocycles. The number of ether oxygens (including phenoxy) is 4. The van der Waals surface area contributed by atoms with Crippen molar-refractivity contribution in [2.24, 2.45) is 0 Å². The highest BCUT2D eigenvalue weighted by Crippen LogP contribution is 2.46. The lowest BCUT2D eigenvalue weighted by Gasteiger charge is -2.24. The lowest BCUT2D eigenvalue weighted by atomic mass is 9.95. The number of anilines is 1. The van der Waals surface area contributed by atoms with Gasteiger partial charge in [-0.25, -0.2) is 4.39 Å². The summed E-state index contributed by atoms with van der Waals surface area (Å²) in [7, 11) is 0. The van der Waals surface area contributed by atoms with E-state index in [1.54, 1.807) is 48.5 Å². The summed E-state index contributed by atoms with van der Waals surface area (Å²) in [5.74, 6) is -0.185. The molecule has 5 aromatic rings. The number of thioether (sulfide) groups is 1. The van der Waals surface area contributed by atoms with E-state index in [4.69, 9.17) is 18.9 Å². The Kier molecular flexibility index (Phi) is 9.67. The van der Waals surface area contributed by atoms with Crippen molar-refractivity contribution in [3.8, 4) is 23.0 Å². The van der Waals surface area contributed by atoms with Crippen molar-refractivity contribution in [1.82, 2.24) is 10.2 Å². The van der Waals surface area contributed by atoms with Gasteiger partial charge in [-0.05, 0) is 66.1 Å². The molecule has 0 spiro atoms. The third-order valence-electron chi connectivity index (χ3n) is 7.96. The molecule has 2 aliphatic rings. The number of Topliss-reactive ketones (excluding diaryl/α,β-unsaturated/α-hetero) is 1. The molecule has 1 unspecified atom stereocenters. The van der Waals surface area contributed by atoms with Crippen molar-refractivity contribution in [2.45, 2.75) is 29.7 Å². The van der Waals surface area contributed by atoms with Crippen molar-refractivity contribution < 1.29 is 38.0 Å². The van der Waals surface area contributed by atoms with Gasteiger partial charge in [-0.1, -0.05) is 71.6 Å². The van der Waals surface area contributed by atoms with Crippen LogP contribution in [0.15, 0.2) is 101 Å². The molecule has 1 aromatic heterocycles. The summed E-state index contributed by atoms with van der Waals surface area (Å²) in [6.07, 6.45) is 0. The zero-order valence-electron chi connectivity index (χ0n) is 26.7. The number of fused-ring (bicyclic) bond motifs is 1. The number of carbonyl (C=O) groups excluding carboxylic acids is 2. The molecule has 1 atom stereocenters. The van der Waals surface area contributed by atoms with Crippen molar-refractivity contribution in [2.75, 3.05) is 24.7 Å². The SMILES string of the molecule is CCOc1cc(C2/C(=C(/O)c3ccc4c(c3)OCCO4)C(=O)C(=O)N2c2nnc(SCc3ccc(F)cc3)s2)ccc1OCc1ccccc1. The fraction of sp³-hybridized carbons (Fsp3) is 0.189. The molecule has 0 aliphatic carbocycles. The van der Waals surface area contributed by atoms with Gasteiger partial charge in [0.25, 0.3) is 5.78 Å². The molecule has 50 heavy (non-hydrogen) atoms. The van der Waals surface area contributed by atoms with E-state index in [2.05, 4.69) is 10.2 Å². The molecule has 10 nitrogen and oxygen atoms in total. The van der Waals surface area contributed by atoms with Gasteiger partial charge in [0, 0.05) is 11.3 Å². The molecule has 0 bridgehead atoms. The Hall–Kier alpha value is -5.40. The minimum atomic E-state index is -1.09. The Morgan fingerprint density at radius 2 is 1.70 bits per heavy atom. The number of nitrogens with zero attached hydrogens (tertiary/aromatic N) is 3. The number of hydrogen-bond acceptors (Lipinski definition) is 11. The van der Waals surface area contributed by atoms with E-state index in [1.807, 2.05) is 37.3 Å². The number of ketones is 1. The van der Waals surface area contributed by atoms with Crippen molar-refractivity contribution in [3.63, 3.8) is 0 Å². The van der Waals surface area contributed by atoms with Gasteiger partial charge in [-0.3, -0.25) is 14.5 Å². The Labute approximate surface area is 295 Å². The Morgan fingerprint density at radius 3 is 2.48 bits per heavy atom. The van der Waals surface area contributed by atoms with Crippen molar-refractivity contribution >= 4 is 45.7 Å². The minimum absolute atomic E-state index is 0.136. The Balaban J connectivity index is 1.28. The predicted molar refractivity (Wildman–Crippen MR) is 186 cm³/mol. The van der Waals surface area contributed by atoms with Crippen LogP contribution in [0, 0.1) is 5.82 Å². The highest BCUT2D eigenvalue weighted by molar-refractivity contribution is 8.00. The first kappa shape index (κ1) is 33.1. The molecular weight excluding hydrogens is 682 g/mol. The lowest BCUT2D eigenvalue weighted by molar-refractivity contribution is -0.132. The number of aliphatic hydroxyl groups is 1. The van der Waals surface area contributed by atoms with Crippen LogP contribution in [0.4, 0.5) is 9.52 Å². The molecule has 1 N–H and O–H groups in total. The maximum Gasteiger partial charge on any atom is 0.301 e. The van der Waals surface area contributed by atoms with Gasteiger partial charge in [0.1, 0.15) is 31.4 Å². The molecule has 4 aromatic carbocycles. The molecule has 0 radical (unpaired) electrons. The van der Waals surface area contributed by atoms with E-state index in [9.17, 15) is 19.1 Å². The van der Waals surface area contributed by atoms with Crippen LogP contribution >= 0.6 is 23.1 Å².